The molecule has 0 spiro atoms. The van der Waals surface area contributed by atoms with Crippen LogP contribution in [-0.2, 0) is 14.3 Å². The number of hydrogen-bond acceptors (Lipinski definition) is 4. The number of hydrogen-bond donors (Lipinski definition) is 2. The molecule has 0 aliphatic carbocycles. The first-order valence-electron chi connectivity index (χ1n) is 8.06. The highest BCUT2D eigenvalue weighted by Crippen LogP contribution is 2.32. The summed E-state index contributed by atoms with van der Waals surface area (Å²) in [6, 6.07) is 11.3. The molecule has 2 amide bonds. The van der Waals surface area contributed by atoms with Crippen LogP contribution in [0.25, 0.3) is 0 Å². The molecule has 0 aromatic heterocycles. The van der Waals surface area contributed by atoms with Crippen molar-refractivity contribution >= 4 is 55.3 Å². The average molecular weight is 498 g/mol. The summed E-state index contributed by atoms with van der Waals surface area (Å²) >= 11 is 6.76. The van der Waals surface area contributed by atoms with Crippen molar-refractivity contribution in [2.75, 3.05) is 11.9 Å². The summed E-state index contributed by atoms with van der Waals surface area (Å²) in [5.41, 5.74) is 2.00. The zero-order valence-corrected chi connectivity index (χ0v) is 17.9. The summed E-state index contributed by atoms with van der Waals surface area (Å²) < 4.78 is 6.39. The third-order valence-electron chi connectivity index (χ3n) is 3.53. The van der Waals surface area contributed by atoms with Crippen molar-refractivity contribution in [1.29, 1.82) is 0 Å². The van der Waals surface area contributed by atoms with Crippen molar-refractivity contribution in [3.63, 3.8) is 0 Å². The number of anilines is 1. The molecular formula is C19H18Br2N2O4. The molecular weight excluding hydrogens is 480 g/mol. The first kappa shape index (κ1) is 21.1. The van der Waals surface area contributed by atoms with Crippen LogP contribution < -0.4 is 10.6 Å². The smallest absolute Gasteiger partial charge is 0.328 e. The SMILES string of the molecule is Cc1cc(Br)c(NC(=O)COC(=O)C(C)NC(=O)c2ccccc2)c(Br)c1. The monoisotopic (exact) mass is 496 g/mol. The van der Waals surface area contributed by atoms with Gasteiger partial charge in [-0.25, -0.2) is 4.79 Å². The van der Waals surface area contributed by atoms with Crippen LogP contribution in [0.1, 0.15) is 22.8 Å². The number of amides is 2. The van der Waals surface area contributed by atoms with Crippen LogP contribution in [0.15, 0.2) is 51.4 Å². The Balaban J connectivity index is 1.86. The molecule has 6 nitrogen and oxygen atoms in total. The third-order valence-corrected chi connectivity index (χ3v) is 4.78. The highest BCUT2D eigenvalue weighted by Gasteiger charge is 2.19. The first-order valence-corrected chi connectivity index (χ1v) is 9.64. The van der Waals surface area contributed by atoms with E-state index in [4.69, 9.17) is 4.74 Å². The minimum absolute atomic E-state index is 0.392. The van der Waals surface area contributed by atoms with E-state index in [2.05, 4.69) is 42.5 Å². The number of benzene rings is 2. The Morgan fingerprint density at radius 3 is 2.26 bits per heavy atom. The summed E-state index contributed by atoms with van der Waals surface area (Å²) in [6.07, 6.45) is 0. The van der Waals surface area contributed by atoms with Crippen molar-refractivity contribution in [2.45, 2.75) is 19.9 Å². The molecule has 0 saturated heterocycles. The maximum atomic E-state index is 12.1. The molecule has 2 aromatic rings. The molecule has 0 radical (unpaired) electrons. The van der Waals surface area contributed by atoms with E-state index >= 15 is 0 Å². The van der Waals surface area contributed by atoms with E-state index in [1.807, 2.05) is 19.1 Å². The normalized spacial score (nSPS) is 11.4. The summed E-state index contributed by atoms with van der Waals surface area (Å²) in [5.74, 6) is -1.58. The Kier molecular flexibility index (Phi) is 7.55. The van der Waals surface area contributed by atoms with Gasteiger partial charge in [0.2, 0.25) is 0 Å². The van der Waals surface area contributed by atoms with E-state index < -0.39 is 30.4 Å². The standard InChI is InChI=1S/C19H18Br2N2O4/c1-11-8-14(20)17(15(21)9-11)23-16(24)10-27-19(26)12(2)22-18(25)13-6-4-3-5-7-13/h3-9,12H,10H2,1-2H3,(H,22,25)(H,23,24). The second-order valence-electron chi connectivity index (χ2n) is 5.82. The van der Waals surface area contributed by atoms with Gasteiger partial charge in [0.15, 0.2) is 6.61 Å². The minimum Gasteiger partial charge on any atom is -0.454 e. The van der Waals surface area contributed by atoms with Gasteiger partial charge in [-0.3, -0.25) is 9.59 Å². The number of carbonyl (C=O) groups excluding carboxylic acids is 3. The fourth-order valence-electron chi connectivity index (χ4n) is 2.18. The van der Waals surface area contributed by atoms with Gasteiger partial charge in [-0.15, -0.1) is 0 Å². The first-order chi connectivity index (χ1) is 12.8. The summed E-state index contributed by atoms with van der Waals surface area (Å²) in [7, 11) is 0. The number of ether oxygens (including phenoxy) is 1. The van der Waals surface area contributed by atoms with Crippen LogP contribution in [0.4, 0.5) is 5.69 Å². The Bertz CT molecular complexity index is 833. The number of esters is 1. The Labute approximate surface area is 173 Å². The van der Waals surface area contributed by atoms with Gasteiger partial charge in [-0.05, 0) is 75.5 Å². The van der Waals surface area contributed by atoms with Gasteiger partial charge in [0.1, 0.15) is 6.04 Å². The van der Waals surface area contributed by atoms with Gasteiger partial charge in [0.05, 0.1) is 5.69 Å². The maximum Gasteiger partial charge on any atom is 0.328 e. The lowest BCUT2D eigenvalue weighted by atomic mass is 10.2. The summed E-state index contributed by atoms with van der Waals surface area (Å²) in [4.78, 5) is 36.1. The van der Waals surface area contributed by atoms with Gasteiger partial charge in [-0.1, -0.05) is 18.2 Å². The molecule has 0 fully saturated rings. The lowest BCUT2D eigenvalue weighted by Crippen LogP contribution is -2.40. The van der Waals surface area contributed by atoms with E-state index in [9.17, 15) is 14.4 Å². The minimum atomic E-state index is -0.886. The van der Waals surface area contributed by atoms with Gasteiger partial charge >= 0.3 is 5.97 Å². The van der Waals surface area contributed by atoms with Crippen molar-refractivity contribution in [2.24, 2.45) is 0 Å². The fraction of sp³-hybridized carbons (Fsp3) is 0.211. The second-order valence-corrected chi connectivity index (χ2v) is 7.53. The Morgan fingerprint density at radius 2 is 1.67 bits per heavy atom. The van der Waals surface area contributed by atoms with Crippen molar-refractivity contribution in [3.05, 3.63) is 62.5 Å². The lowest BCUT2D eigenvalue weighted by molar-refractivity contribution is -0.148. The van der Waals surface area contributed by atoms with Crippen LogP contribution in [-0.4, -0.2) is 30.4 Å². The number of carbonyl (C=O) groups is 3. The van der Waals surface area contributed by atoms with Crippen LogP contribution in [0.3, 0.4) is 0 Å². The Hall–Kier alpha value is -2.19. The van der Waals surface area contributed by atoms with E-state index in [0.717, 1.165) is 5.56 Å². The largest absolute Gasteiger partial charge is 0.454 e. The summed E-state index contributed by atoms with van der Waals surface area (Å²) in [6.45, 7) is 2.96. The van der Waals surface area contributed by atoms with Gasteiger partial charge < -0.3 is 15.4 Å². The molecule has 2 N–H and O–H groups in total. The van der Waals surface area contributed by atoms with Gasteiger partial charge in [-0.2, -0.15) is 0 Å². The zero-order chi connectivity index (χ0) is 20.0. The molecule has 142 valence electrons. The second kappa shape index (κ2) is 9.66. The number of rotatable bonds is 6. The predicted octanol–water partition coefficient (Wildman–Crippen LogP) is 3.82. The molecule has 0 aliphatic rings. The maximum absolute atomic E-state index is 12.1. The highest BCUT2D eigenvalue weighted by atomic mass is 79.9. The number of nitrogens with one attached hydrogen (secondary N) is 2. The van der Waals surface area contributed by atoms with Crippen LogP contribution >= 0.6 is 31.9 Å². The molecule has 0 heterocycles. The third kappa shape index (κ3) is 6.18. The number of halogens is 2. The molecule has 1 atom stereocenters. The summed E-state index contributed by atoms with van der Waals surface area (Å²) in [5, 5.41) is 5.20. The molecule has 0 aliphatic heterocycles. The average Bonchev–Trinajstić information content (AvgIpc) is 2.63. The van der Waals surface area contributed by atoms with Gasteiger partial charge in [0, 0.05) is 14.5 Å². The topological polar surface area (TPSA) is 84.5 Å². The number of aryl methyl sites for hydroxylation is 1. The lowest BCUT2D eigenvalue weighted by Gasteiger charge is -2.14. The van der Waals surface area contributed by atoms with Crippen LogP contribution in [0.2, 0.25) is 0 Å². The van der Waals surface area contributed by atoms with Gasteiger partial charge in [0.25, 0.3) is 11.8 Å². The molecule has 0 bridgehead atoms. The van der Waals surface area contributed by atoms with Crippen molar-refractivity contribution in [3.8, 4) is 0 Å². The molecule has 0 saturated carbocycles. The molecule has 27 heavy (non-hydrogen) atoms. The predicted molar refractivity (Wildman–Crippen MR) is 110 cm³/mol. The van der Waals surface area contributed by atoms with E-state index in [1.54, 1.807) is 30.3 Å². The fourth-order valence-corrected chi connectivity index (χ4v) is 3.80. The Morgan fingerprint density at radius 1 is 1.07 bits per heavy atom. The molecule has 2 aromatic carbocycles. The van der Waals surface area contributed by atoms with E-state index in [1.165, 1.54) is 6.92 Å². The van der Waals surface area contributed by atoms with Crippen molar-refractivity contribution in [1.82, 2.24) is 5.32 Å². The highest BCUT2D eigenvalue weighted by molar-refractivity contribution is 9.11. The van der Waals surface area contributed by atoms with Crippen molar-refractivity contribution < 1.29 is 19.1 Å². The van der Waals surface area contributed by atoms with E-state index in [0.29, 0.717) is 20.2 Å². The molecule has 8 heteroatoms. The van der Waals surface area contributed by atoms with E-state index in [-0.39, 0.29) is 0 Å². The van der Waals surface area contributed by atoms with Crippen LogP contribution in [0, 0.1) is 6.92 Å². The zero-order valence-electron chi connectivity index (χ0n) is 14.7. The molecule has 1 unspecified atom stereocenters. The molecule has 2 rings (SSSR count). The quantitative estimate of drug-likeness (QED) is 0.594. The van der Waals surface area contributed by atoms with Crippen LogP contribution in [0.5, 0.6) is 0 Å².